The van der Waals surface area contributed by atoms with Crippen LogP contribution in [0.5, 0.6) is 0 Å². The van der Waals surface area contributed by atoms with Gasteiger partial charge in [0.1, 0.15) is 0 Å². The van der Waals surface area contributed by atoms with Crippen molar-refractivity contribution in [3.63, 3.8) is 0 Å². The second-order valence-corrected chi connectivity index (χ2v) is 6.78. The molecule has 0 aliphatic heterocycles. The van der Waals surface area contributed by atoms with Crippen molar-refractivity contribution in [2.24, 2.45) is 28.9 Å². The van der Waals surface area contributed by atoms with Gasteiger partial charge in [-0.15, -0.1) is 0 Å². The zero-order valence-corrected chi connectivity index (χ0v) is 11.3. The minimum Gasteiger partial charge on any atom is -0.327 e. The maximum Gasteiger partial charge on any atom is 0.00965 e. The molecule has 0 radical (unpaired) electrons. The highest BCUT2D eigenvalue weighted by Gasteiger charge is 2.42. The third-order valence-corrected chi connectivity index (χ3v) is 5.45. The molecular weight excluding hydrogens is 196 g/mol. The van der Waals surface area contributed by atoms with Gasteiger partial charge in [-0.2, -0.15) is 0 Å². The minimum atomic E-state index is 0.392. The van der Waals surface area contributed by atoms with Crippen LogP contribution in [0.15, 0.2) is 0 Å². The maximum absolute atomic E-state index is 6.19. The van der Waals surface area contributed by atoms with Crippen LogP contribution in [0.2, 0.25) is 0 Å². The molecular formula is C14H28N2. The van der Waals surface area contributed by atoms with E-state index in [9.17, 15) is 0 Å². The van der Waals surface area contributed by atoms with Crippen LogP contribution in [0.3, 0.4) is 0 Å². The summed E-state index contributed by atoms with van der Waals surface area (Å²) in [6.07, 6.45) is 3.88. The van der Waals surface area contributed by atoms with Gasteiger partial charge in [0.25, 0.3) is 0 Å². The Hall–Kier alpha value is -0.0800. The molecule has 0 aromatic heterocycles. The van der Waals surface area contributed by atoms with Crippen molar-refractivity contribution in [2.45, 2.75) is 59.0 Å². The predicted molar refractivity (Wildman–Crippen MR) is 69.2 cm³/mol. The lowest BCUT2D eigenvalue weighted by atomic mass is 9.61. The second kappa shape index (κ2) is 4.30. The van der Waals surface area contributed by atoms with Crippen LogP contribution in [-0.2, 0) is 0 Å². The lowest BCUT2D eigenvalue weighted by Gasteiger charge is -2.47. The van der Waals surface area contributed by atoms with E-state index in [1.807, 2.05) is 0 Å². The monoisotopic (exact) mass is 224 g/mol. The fourth-order valence-electron chi connectivity index (χ4n) is 3.20. The van der Waals surface area contributed by atoms with Crippen molar-refractivity contribution in [3.8, 4) is 0 Å². The summed E-state index contributed by atoms with van der Waals surface area (Å²) in [6, 6.07) is 1.22. The number of nitrogens with two attached hydrogens (primary N) is 1. The molecule has 2 rings (SSSR count). The van der Waals surface area contributed by atoms with Gasteiger partial charge in [0.15, 0.2) is 0 Å². The normalized spacial score (nSPS) is 46.7. The molecule has 0 saturated heterocycles. The van der Waals surface area contributed by atoms with Gasteiger partial charge in [0.05, 0.1) is 0 Å². The Labute approximate surface area is 100 Å². The highest BCUT2D eigenvalue weighted by molar-refractivity contribution is 4.96. The van der Waals surface area contributed by atoms with E-state index in [-0.39, 0.29) is 0 Å². The van der Waals surface area contributed by atoms with E-state index in [1.54, 1.807) is 0 Å². The fraction of sp³-hybridized carbons (Fsp3) is 1.00. The molecule has 0 aromatic rings. The van der Waals surface area contributed by atoms with Crippen LogP contribution in [0.25, 0.3) is 0 Å². The first-order valence-corrected chi connectivity index (χ1v) is 6.92. The Balaban J connectivity index is 1.88. The van der Waals surface area contributed by atoms with E-state index < -0.39 is 0 Å². The number of nitrogens with one attached hydrogen (secondary N) is 1. The van der Waals surface area contributed by atoms with E-state index in [1.165, 1.54) is 25.8 Å². The van der Waals surface area contributed by atoms with Crippen LogP contribution in [-0.4, -0.2) is 18.6 Å². The maximum atomic E-state index is 6.19. The lowest BCUT2D eigenvalue weighted by Crippen LogP contribution is -2.49. The first-order valence-electron chi connectivity index (χ1n) is 6.92. The second-order valence-electron chi connectivity index (χ2n) is 6.78. The van der Waals surface area contributed by atoms with E-state index >= 15 is 0 Å². The molecule has 0 heterocycles. The molecule has 3 N–H and O–H groups in total. The molecule has 5 atom stereocenters. The van der Waals surface area contributed by atoms with Gasteiger partial charge in [-0.05, 0) is 49.0 Å². The minimum absolute atomic E-state index is 0.392. The van der Waals surface area contributed by atoms with Crippen molar-refractivity contribution in [2.75, 3.05) is 6.54 Å². The molecule has 2 heteroatoms. The average molecular weight is 224 g/mol. The van der Waals surface area contributed by atoms with Crippen LogP contribution < -0.4 is 11.1 Å². The average Bonchev–Trinajstić information content (AvgIpc) is 2.90. The SMILES string of the molecule is CC1CC1NCC1CCC(N)C(C)C1(C)C. The quantitative estimate of drug-likeness (QED) is 0.772. The van der Waals surface area contributed by atoms with Crippen LogP contribution in [0.4, 0.5) is 0 Å². The summed E-state index contributed by atoms with van der Waals surface area (Å²) in [5.41, 5.74) is 6.58. The van der Waals surface area contributed by atoms with Gasteiger partial charge in [-0.1, -0.05) is 27.7 Å². The molecule has 0 spiro atoms. The Kier molecular flexibility index (Phi) is 3.33. The zero-order valence-electron chi connectivity index (χ0n) is 11.3. The van der Waals surface area contributed by atoms with Gasteiger partial charge in [-0.25, -0.2) is 0 Å². The van der Waals surface area contributed by atoms with Crippen molar-refractivity contribution in [1.82, 2.24) is 5.32 Å². The number of hydrogen-bond acceptors (Lipinski definition) is 2. The Morgan fingerprint density at radius 2 is 1.88 bits per heavy atom. The van der Waals surface area contributed by atoms with Crippen molar-refractivity contribution in [3.05, 3.63) is 0 Å². The van der Waals surface area contributed by atoms with Crippen LogP contribution in [0, 0.1) is 23.2 Å². The zero-order chi connectivity index (χ0) is 11.9. The predicted octanol–water partition coefficient (Wildman–Crippen LogP) is 2.38. The molecule has 2 fully saturated rings. The molecule has 94 valence electrons. The van der Waals surface area contributed by atoms with E-state index in [0.717, 1.165) is 17.9 Å². The Morgan fingerprint density at radius 1 is 1.25 bits per heavy atom. The Morgan fingerprint density at radius 3 is 2.44 bits per heavy atom. The lowest BCUT2D eigenvalue weighted by molar-refractivity contribution is 0.0537. The topological polar surface area (TPSA) is 38.0 Å². The smallest absolute Gasteiger partial charge is 0.00965 e. The largest absolute Gasteiger partial charge is 0.327 e. The highest BCUT2D eigenvalue weighted by atomic mass is 15.0. The summed E-state index contributed by atoms with van der Waals surface area (Å²) in [5, 5.41) is 3.73. The third-order valence-electron chi connectivity index (χ3n) is 5.45. The molecule has 2 nitrogen and oxygen atoms in total. The van der Waals surface area contributed by atoms with Gasteiger partial charge in [0.2, 0.25) is 0 Å². The number of hydrogen-bond donors (Lipinski definition) is 2. The molecule has 2 saturated carbocycles. The summed E-state index contributed by atoms with van der Waals surface area (Å²) in [6.45, 7) is 10.7. The first kappa shape index (κ1) is 12.4. The first-order chi connectivity index (χ1) is 7.43. The van der Waals surface area contributed by atoms with Crippen LogP contribution >= 0.6 is 0 Å². The summed E-state index contributed by atoms with van der Waals surface area (Å²) in [7, 11) is 0. The highest BCUT2D eigenvalue weighted by Crippen LogP contribution is 2.44. The van der Waals surface area contributed by atoms with E-state index in [2.05, 4.69) is 33.0 Å². The Bertz CT molecular complexity index is 249. The summed E-state index contributed by atoms with van der Waals surface area (Å²) >= 11 is 0. The van der Waals surface area contributed by atoms with Crippen molar-refractivity contribution in [1.29, 1.82) is 0 Å². The van der Waals surface area contributed by atoms with Crippen molar-refractivity contribution >= 4 is 0 Å². The molecule has 2 aliphatic carbocycles. The molecule has 0 aromatic carbocycles. The number of rotatable bonds is 3. The molecule has 5 unspecified atom stereocenters. The standard InChI is InChI=1S/C14H28N2/c1-9-7-13(9)16-8-11-5-6-12(15)10(2)14(11,3)4/h9-13,16H,5-8,15H2,1-4H3. The fourth-order valence-corrected chi connectivity index (χ4v) is 3.20. The molecule has 2 aliphatic rings. The molecule has 0 bridgehead atoms. The van der Waals surface area contributed by atoms with E-state index in [4.69, 9.17) is 5.73 Å². The van der Waals surface area contributed by atoms with Gasteiger partial charge < -0.3 is 11.1 Å². The van der Waals surface area contributed by atoms with Gasteiger partial charge >= 0.3 is 0 Å². The molecule has 0 amide bonds. The van der Waals surface area contributed by atoms with Crippen LogP contribution in [0.1, 0.15) is 47.0 Å². The van der Waals surface area contributed by atoms with E-state index in [0.29, 0.717) is 17.4 Å². The summed E-state index contributed by atoms with van der Waals surface area (Å²) < 4.78 is 0. The third kappa shape index (κ3) is 2.28. The molecule has 16 heavy (non-hydrogen) atoms. The van der Waals surface area contributed by atoms with Gasteiger partial charge in [0, 0.05) is 12.1 Å². The van der Waals surface area contributed by atoms with Crippen molar-refractivity contribution < 1.29 is 0 Å². The summed E-state index contributed by atoms with van der Waals surface area (Å²) in [5.74, 6) is 2.35. The van der Waals surface area contributed by atoms with Gasteiger partial charge in [-0.3, -0.25) is 0 Å². The summed E-state index contributed by atoms with van der Waals surface area (Å²) in [4.78, 5) is 0.